The van der Waals surface area contributed by atoms with E-state index in [4.69, 9.17) is 48.1 Å². The molecule has 1 unspecified atom stereocenters. The van der Waals surface area contributed by atoms with Crippen LogP contribution in [0.5, 0.6) is 0 Å². The third kappa shape index (κ3) is 25.6. The molecule has 0 radical (unpaired) electrons. The van der Waals surface area contributed by atoms with Crippen LogP contribution in [0.4, 0.5) is 17.1 Å². The predicted molar refractivity (Wildman–Crippen MR) is 226 cm³/mol. The number of carbonyl (C=O) groups is 4. The van der Waals surface area contributed by atoms with Gasteiger partial charge in [-0.05, 0) is 18.9 Å². The maximum absolute atomic E-state index is 13.1. The molecule has 1 fully saturated rings. The Morgan fingerprint density at radius 2 is 1.17 bits per heavy atom. The number of carbonyl (C=O) groups excluding carboxylic acids is 4. The van der Waals surface area contributed by atoms with Crippen LogP contribution in [0.25, 0.3) is 0 Å². The Labute approximate surface area is 371 Å². The topological polar surface area (TPSA) is 320 Å². The molecule has 2 rings (SSSR count). The first kappa shape index (κ1) is 55.4. The second-order valence-corrected chi connectivity index (χ2v) is 14.0. The van der Waals surface area contributed by atoms with E-state index in [2.05, 4.69) is 21.3 Å². The number of unbranched alkanes of at least 4 members (excludes halogenated alkanes) is 1. The molecule has 0 aromatic heterocycles. The van der Waals surface area contributed by atoms with Gasteiger partial charge in [-0.1, -0.05) is 6.42 Å². The van der Waals surface area contributed by atoms with Gasteiger partial charge in [-0.25, -0.2) is 0 Å². The van der Waals surface area contributed by atoms with Gasteiger partial charge in [0.1, 0.15) is 12.3 Å². The summed E-state index contributed by atoms with van der Waals surface area (Å²) in [7, 11) is 0. The van der Waals surface area contributed by atoms with Crippen molar-refractivity contribution in [3.63, 3.8) is 0 Å². The fourth-order valence-electron chi connectivity index (χ4n) is 5.78. The molecule has 1 aliphatic rings. The first-order chi connectivity index (χ1) is 31.0. The quantitative estimate of drug-likeness (QED) is 0.0196. The van der Waals surface area contributed by atoms with E-state index < -0.39 is 27.0 Å². The van der Waals surface area contributed by atoms with Crippen molar-refractivity contribution in [1.82, 2.24) is 20.9 Å². The molecule has 0 saturated carbocycles. The van der Waals surface area contributed by atoms with Crippen molar-refractivity contribution in [1.29, 1.82) is 0 Å². The number of anilines is 1. The van der Waals surface area contributed by atoms with Crippen molar-refractivity contribution in [2.75, 3.05) is 157 Å². The van der Waals surface area contributed by atoms with Gasteiger partial charge in [0.05, 0.1) is 140 Å². The van der Waals surface area contributed by atoms with Crippen LogP contribution in [0.3, 0.4) is 0 Å². The minimum atomic E-state index is -0.713. The largest absolute Gasteiger partial charge is 0.394 e. The minimum absolute atomic E-state index is 0.0601. The standard InChI is InChI=1S/C39H65N7O18/c47-11-17-60-22-19-58-15-9-41-35(49)3-1-2-7-39(31-64-13-6-36(50)42-10-16-59-20-23-61-18-12-48)30-44(39)38(52)28-43-37(51)29-63-26-25-62-24-21-57-14-8-40-33-5-4-32(45(53)54)27-34(33)46(55)56/h4-5,27,40,47-48H,1-3,6-26,28-31H2,(H,41,49)(H,42,50)(H,43,51). The number of nitrogens with one attached hydrogen (secondary N) is 4. The molecule has 1 aromatic carbocycles. The summed E-state index contributed by atoms with van der Waals surface area (Å²) in [6, 6.07) is 3.31. The SMILES string of the molecule is O=C(CCCCC1(COCCC(=O)NCCOCCOCCO)CN1C(=O)CNC(=O)COCCOCCOCCNc1ccc([N+](=O)[O-])cc1[N+](=O)[O-])NCCOCCOCCO. The Balaban J connectivity index is 1.64. The van der Waals surface area contributed by atoms with Crippen molar-refractivity contribution in [3.8, 4) is 0 Å². The predicted octanol–water partition coefficient (Wildman–Crippen LogP) is -1.09. The van der Waals surface area contributed by atoms with Crippen LogP contribution in [0.2, 0.25) is 0 Å². The van der Waals surface area contributed by atoms with Gasteiger partial charge in [0, 0.05) is 45.1 Å². The summed E-state index contributed by atoms with van der Waals surface area (Å²) >= 11 is 0. The summed E-state index contributed by atoms with van der Waals surface area (Å²) in [5, 5.41) is 50.5. The second kappa shape index (κ2) is 34.7. The van der Waals surface area contributed by atoms with Crippen LogP contribution < -0.4 is 21.3 Å². The Bertz CT molecular complexity index is 1490. The van der Waals surface area contributed by atoms with Gasteiger partial charge in [0.15, 0.2) is 0 Å². The molecule has 1 saturated heterocycles. The van der Waals surface area contributed by atoms with Crippen molar-refractivity contribution >= 4 is 40.7 Å². The first-order valence-corrected chi connectivity index (χ1v) is 21.1. The summed E-state index contributed by atoms with van der Waals surface area (Å²) < 4.78 is 43.0. The first-order valence-electron chi connectivity index (χ1n) is 21.1. The monoisotopic (exact) mass is 919 g/mol. The third-order valence-electron chi connectivity index (χ3n) is 9.08. The smallest absolute Gasteiger partial charge is 0.299 e. The molecule has 6 N–H and O–H groups in total. The zero-order chi connectivity index (χ0) is 46.7. The van der Waals surface area contributed by atoms with Crippen LogP contribution in [0.15, 0.2) is 18.2 Å². The Morgan fingerprint density at radius 1 is 0.625 bits per heavy atom. The summed E-state index contributed by atoms with van der Waals surface area (Å²) in [5.41, 5.74) is -1.33. The number of nitro groups is 2. The molecule has 25 nitrogen and oxygen atoms in total. The lowest BCUT2D eigenvalue weighted by Crippen LogP contribution is -2.38. The van der Waals surface area contributed by atoms with E-state index in [1.807, 2.05) is 0 Å². The number of hydrogen-bond acceptors (Lipinski definition) is 19. The minimum Gasteiger partial charge on any atom is -0.394 e. The Kier molecular flexibility index (Phi) is 30.0. The maximum atomic E-state index is 13.1. The number of aliphatic hydroxyl groups is 2. The van der Waals surface area contributed by atoms with E-state index in [9.17, 15) is 39.4 Å². The van der Waals surface area contributed by atoms with E-state index >= 15 is 0 Å². The lowest BCUT2D eigenvalue weighted by atomic mass is 10.0. The molecule has 364 valence electrons. The van der Waals surface area contributed by atoms with Crippen LogP contribution in [0.1, 0.15) is 32.1 Å². The Hall–Kier alpha value is -4.70. The molecule has 4 amide bonds. The summed E-state index contributed by atoms with van der Waals surface area (Å²) in [4.78, 5) is 72.4. The molecular formula is C39H65N7O18. The fraction of sp³-hybridized carbons (Fsp3) is 0.744. The van der Waals surface area contributed by atoms with Gasteiger partial charge in [-0.2, -0.15) is 0 Å². The normalized spacial score (nSPS) is 14.2. The summed E-state index contributed by atoms with van der Waals surface area (Å²) in [6.45, 7) is 4.17. The van der Waals surface area contributed by atoms with Crippen molar-refractivity contribution in [2.45, 2.75) is 37.6 Å². The number of rotatable bonds is 42. The van der Waals surface area contributed by atoms with Crippen molar-refractivity contribution in [2.24, 2.45) is 0 Å². The number of nitrogens with zero attached hydrogens (tertiary/aromatic N) is 3. The van der Waals surface area contributed by atoms with E-state index in [-0.39, 0.29) is 134 Å². The summed E-state index contributed by atoms with van der Waals surface area (Å²) in [6.07, 6.45) is 2.10. The number of hydrogen-bond donors (Lipinski definition) is 6. The molecule has 25 heteroatoms. The molecular weight excluding hydrogens is 854 g/mol. The highest BCUT2D eigenvalue weighted by atomic mass is 16.6. The number of amides is 4. The molecule has 1 aliphatic heterocycles. The van der Waals surface area contributed by atoms with E-state index in [1.54, 1.807) is 4.90 Å². The van der Waals surface area contributed by atoms with Gasteiger partial charge < -0.3 is 74.3 Å². The van der Waals surface area contributed by atoms with Crippen LogP contribution in [0, 0.1) is 20.2 Å². The number of nitro benzene ring substituents is 2. The number of ether oxygens (including phenoxy) is 8. The van der Waals surface area contributed by atoms with Crippen molar-refractivity contribution < 1.29 is 77.1 Å². The molecule has 64 heavy (non-hydrogen) atoms. The zero-order valence-corrected chi connectivity index (χ0v) is 36.3. The zero-order valence-electron chi connectivity index (χ0n) is 36.3. The molecule has 0 bridgehead atoms. The average molecular weight is 920 g/mol. The lowest BCUT2D eigenvalue weighted by molar-refractivity contribution is -0.393. The van der Waals surface area contributed by atoms with Crippen LogP contribution in [-0.2, 0) is 57.1 Å². The van der Waals surface area contributed by atoms with Crippen LogP contribution in [-0.4, -0.2) is 206 Å². The highest BCUT2D eigenvalue weighted by Crippen LogP contribution is 2.38. The molecule has 0 aliphatic carbocycles. The highest BCUT2D eigenvalue weighted by Gasteiger charge is 2.54. The summed E-state index contributed by atoms with van der Waals surface area (Å²) in [5.74, 6) is -1.18. The fourth-order valence-corrected chi connectivity index (χ4v) is 5.78. The number of aliphatic hydroxyl groups excluding tert-OH is 2. The van der Waals surface area contributed by atoms with Gasteiger partial charge in [-0.15, -0.1) is 0 Å². The maximum Gasteiger partial charge on any atom is 0.299 e. The number of benzene rings is 1. The second-order valence-electron chi connectivity index (χ2n) is 14.0. The van der Waals surface area contributed by atoms with E-state index in [1.165, 1.54) is 6.07 Å². The molecule has 1 atom stereocenters. The van der Waals surface area contributed by atoms with Gasteiger partial charge in [0.2, 0.25) is 23.6 Å². The Morgan fingerprint density at radius 3 is 1.75 bits per heavy atom. The van der Waals surface area contributed by atoms with Gasteiger partial charge in [-0.3, -0.25) is 39.4 Å². The third-order valence-corrected chi connectivity index (χ3v) is 9.08. The van der Waals surface area contributed by atoms with E-state index in [0.29, 0.717) is 78.5 Å². The van der Waals surface area contributed by atoms with E-state index in [0.717, 1.165) is 12.1 Å². The number of non-ortho nitro benzene ring substituents is 1. The van der Waals surface area contributed by atoms with Crippen LogP contribution >= 0.6 is 0 Å². The highest BCUT2D eigenvalue weighted by molar-refractivity contribution is 5.87. The van der Waals surface area contributed by atoms with Gasteiger partial charge >= 0.3 is 0 Å². The lowest BCUT2D eigenvalue weighted by Gasteiger charge is -2.18. The molecule has 0 spiro atoms. The molecule has 1 heterocycles. The average Bonchev–Trinajstić information content (AvgIpc) is 4.00. The van der Waals surface area contributed by atoms with Gasteiger partial charge in [0.25, 0.3) is 11.4 Å². The molecule has 1 aromatic rings. The van der Waals surface area contributed by atoms with Crippen molar-refractivity contribution in [3.05, 3.63) is 38.4 Å².